The molecule has 4 rings (SSSR count). The number of carbonyl (C=O) groups excluding carboxylic acids is 1. The Bertz CT molecular complexity index is 1170. The van der Waals surface area contributed by atoms with Crippen LogP contribution in [0.4, 0.5) is 0 Å². The summed E-state index contributed by atoms with van der Waals surface area (Å²) in [5, 5.41) is 28.4. The molecule has 0 aliphatic rings. The van der Waals surface area contributed by atoms with Crippen molar-refractivity contribution in [3.63, 3.8) is 0 Å². The molecule has 0 aliphatic carbocycles. The molecule has 2 N–H and O–H groups in total. The van der Waals surface area contributed by atoms with Crippen LogP contribution in [0.15, 0.2) is 79.0 Å². The Morgan fingerprint density at radius 1 is 0.900 bits per heavy atom. The van der Waals surface area contributed by atoms with Crippen molar-refractivity contribution in [2.45, 2.75) is 19.3 Å². The molecule has 30 heavy (non-hydrogen) atoms. The van der Waals surface area contributed by atoms with Crippen LogP contribution >= 0.6 is 0 Å². The van der Waals surface area contributed by atoms with Gasteiger partial charge in [0.15, 0.2) is 5.78 Å². The molecule has 6 heteroatoms. The standard InChI is InChI=1S/C24H21N3O3/c28-22-11-5-4-10-19(22)21-16-27(26-25-21)18-13-14-24(30)20(15-18)23(29)12-6-9-17-7-2-1-3-8-17/h1-5,7-8,10-11,13-16,28,30H,6,9,12H2. The lowest BCUT2D eigenvalue weighted by molar-refractivity contribution is 0.0977. The highest BCUT2D eigenvalue weighted by molar-refractivity contribution is 5.99. The van der Waals surface area contributed by atoms with Gasteiger partial charge < -0.3 is 10.2 Å². The second kappa shape index (κ2) is 8.61. The predicted octanol–water partition coefficient (Wildman–Crippen LogP) is 4.55. The number of para-hydroxylation sites is 1. The number of phenols is 2. The van der Waals surface area contributed by atoms with Gasteiger partial charge in [-0.25, -0.2) is 4.68 Å². The first kappa shape index (κ1) is 19.4. The van der Waals surface area contributed by atoms with Crippen LogP contribution in [0.1, 0.15) is 28.8 Å². The van der Waals surface area contributed by atoms with E-state index in [4.69, 9.17) is 0 Å². The van der Waals surface area contributed by atoms with E-state index in [-0.39, 0.29) is 22.8 Å². The smallest absolute Gasteiger partial charge is 0.166 e. The number of aromatic nitrogens is 3. The fourth-order valence-corrected chi connectivity index (χ4v) is 3.33. The first-order chi connectivity index (χ1) is 14.6. The van der Waals surface area contributed by atoms with Gasteiger partial charge in [-0.2, -0.15) is 0 Å². The van der Waals surface area contributed by atoms with Gasteiger partial charge in [0.05, 0.1) is 17.4 Å². The molecule has 3 aromatic carbocycles. The van der Waals surface area contributed by atoms with Gasteiger partial charge in [-0.15, -0.1) is 5.10 Å². The van der Waals surface area contributed by atoms with Gasteiger partial charge >= 0.3 is 0 Å². The number of carbonyl (C=O) groups is 1. The molecule has 0 fully saturated rings. The Labute approximate surface area is 174 Å². The number of benzene rings is 3. The van der Waals surface area contributed by atoms with Crippen molar-refractivity contribution in [1.29, 1.82) is 0 Å². The van der Waals surface area contributed by atoms with Crippen LogP contribution in [0.3, 0.4) is 0 Å². The summed E-state index contributed by atoms with van der Waals surface area (Å²) in [4.78, 5) is 12.7. The number of nitrogens with zero attached hydrogens (tertiary/aromatic N) is 3. The number of phenolic OH excluding ortho intramolecular Hbond substituents is 2. The molecule has 0 unspecified atom stereocenters. The predicted molar refractivity (Wildman–Crippen MR) is 114 cm³/mol. The quantitative estimate of drug-likeness (QED) is 0.445. The summed E-state index contributed by atoms with van der Waals surface area (Å²) >= 11 is 0. The number of aryl methyl sites for hydroxylation is 1. The van der Waals surface area contributed by atoms with E-state index in [2.05, 4.69) is 10.3 Å². The summed E-state index contributed by atoms with van der Waals surface area (Å²) in [5.74, 6) is -0.0552. The number of ketones is 1. The monoisotopic (exact) mass is 399 g/mol. The molecule has 0 saturated heterocycles. The molecule has 4 aromatic rings. The van der Waals surface area contributed by atoms with Gasteiger partial charge in [-0.05, 0) is 48.7 Å². The SMILES string of the molecule is O=C(CCCc1ccccc1)c1cc(-n2cc(-c3ccccc3O)nn2)ccc1O. The van der Waals surface area contributed by atoms with Crippen LogP contribution in [-0.2, 0) is 6.42 Å². The Morgan fingerprint density at radius 3 is 2.47 bits per heavy atom. The second-order valence-electron chi connectivity index (χ2n) is 7.03. The lowest BCUT2D eigenvalue weighted by atomic mass is 10.0. The zero-order chi connectivity index (χ0) is 20.9. The van der Waals surface area contributed by atoms with E-state index in [1.165, 1.54) is 16.3 Å². The third kappa shape index (κ3) is 4.22. The largest absolute Gasteiger partial charge is 0.507 e. The highest BCUT2D eigenvalue weighted by Gasteiger charge is 2.14. The molecule has 0 saturated carbocycles. The molecule has 1 aromatic heterocycles. The van der Waals surface area contributed by atoms with Crippen LogP contribution in [0.5, 0.6) is 11.5 Å². The Hall–Kier alpha value is -3.93. The topological polar surface area (TPSA) is 88.2 Å². The molecular weight excluding hydrogens is 378 g/mol. The van der Waals surface area contributed by atoms with Gasteiger partial charge in [-0.1, -0.05) is 47.7 Å². The van der Waals surface area contributed by atoms with E-state index in [0.717, 1.165) is 6.42 Å². The normalized spacial score (nSPS) is 10.8. The molecule has 0 bridgehead atoms. The molecule has 0 radical (unpaired) electrons. The van der Waals surface area contributed by atoms with Crippen LogP contribution in [0.2, 0.25) is 0 Å². The van der Waals surface area contributed by atoms with E-state index >= 15 is 0 Å². The Kier molecular flexibility index (Phi) is 5.57. The molecule has 1 heterocycles. The van der Waals surface area contributed by atoms with E-state index in [9.17, 15) is 15.0 Å². The zero-order valence-electron chi connectivity index (χ0n) is 16.3. The highest BCUT2D eigenvalue weighted by atomic mass is 16.3. The maximum Gasteiger partial charge on any atom is 0.166 e. The average Bonchev–Trinajstić information content (AvgIpc) is 3.25. The van der Waals surface area contributed by atoms with Gasteiger partial charge in [0, 0.05) is 12.0 Å². The third-order valence-electron chi connectivity index (χ3n) is 4.93. The van der Waals surface area contributed by atoms with Gasteiger partial charge in [0.2, 0.25) is 0 Å². The number of hydrogen-bond acceptors (Lipinski definition) is 5. The van der Waals surface area contributed by atoms with E-state index in [1.54, 1.807) is 42.6 Å². The molecule has 6 nitrogen and oxygen atoms in total. The Balaban J connectivity index is 1.51. The van der Waals surface area contributed by atoms with E-state index in [0.29, 0.717) is 29.8 Å². The van der Waals surface area contributed by atoms with Crippen LogP contribution < -0.4 is 0 Å². The summed E-state index contributed by atoms with van der Waals surface area (Å²) in [5.41, 5.74) is 3.13. The van der Waals surface area contributed by atoms with Crippen molar-refractivity contribution in [2.75, 3.05) is 0 Å². The number of aromatic hydroxyl groups is 2. The number of Topliss-reactive ketones (excluding diaryl/α,β-unsaturated/α-hetero) is 1. The van der Waals surface area contributed by atoms with E-state index < -0.39 is 0 Å². The van der Waals surface area contributed by atoms with Crippen LogP contribution in [0, 0.1) is 0 Å². The molecule has 0 amide bonds. The van der Waals surface area contributed by atoms with Crippen LogP contribution in [0.25, 0.3) is 16.9 Å². The molecular formula is C24H21N3O3. The molecule has 150 valence electrons. The van der Waals surface area contributed by atoms with Crippen molar-refractivity contribution in [3.8, 4) is 28.4 Å². The second-order valence-corrected chi connectivity index (χ2v) is 7.03. The minimum Gasteiger partial charge on any atom is -0.507 e. The summed E-state index contributed by atoms with van der Waals surface area (Å²) in [6, 6.07) is 21.6. The Morgan fingerprint density at radius 2 is 1.67 bits per heavy atom. The fraction of sp³-hybridized carbons (Fsp3) is 0.125. The van der Waals surface area contributed by atoms with Gasteiger partial charge in [0.1, 0.15) is 17.2 Å². The zero-order valence-corrected chi connectivity index (χ0v) is 16.3. The molecule has 0 aliphatic heterocycles. The number of rotatable bonds is 7. The maximum atomic E-state index is 12.7. The summed E-state index contributed by atoms with van der Waals surface area (Å²) in [6.07, 6.45) is 3.52. The number of hydrogen-bond donors (Lipinski definition) is 2. The third-order valence-corrected chi connectivity index (χ3v) is 4.93. The lowest BCUT2D eigenvalue weighted by Crippen LogP contribution is -2.03. The van der Waals surface area contributed by atoms with Crippen molar-refractivity contribution >= 4 is 5.78 Å². The first-order valence-corrected chi connectivity index (χ1v) is 9.73. The van der Waals surface area contributed by atoms with Crippen LogP contribution in [-0.4, -0.2) is 31.0 Å². The van der Waals surface area contributed by atoms with Crippen molar-refractivity contribution < 1.29 is 15.0 Å². The fourth-order valence-electron chi connectivity index (χ4n) is 3.33. The van der Waals surface area contributed by atoms with Gasteiger partial charge in [-0.3, -0.25) is 4.79 Å². The molecule has 0 atom stereocenters. The maximum absolute atomic E-state index is 12.7. The summed E-state index contributed by atoms with van der Waals surface area (Å²) < 4.78 is 1.52. The lowest BCUT2D eigenvalue weighted by Gasteiger charge is -2.07. The average molecular weight is 399 g/mol. The highest BCUT2D eigenvalue weighted by Crippen LogP contribution is 2.28. The first-order valence-electron chi connectivity index (χ1n) is 9.73. The summed E-state index contributed by atoms with van der Waals surface area (Å²) in [7, 11) is 0. The molecule has 0 spiro atoms. The minimum atomic E-state index is -0.119. The van der Waals surface area contributed by atoms with Crippen molar-refractivity contribution in [2.24, 2.45) is 0 Å². The van der Waals surface area contributed by atoms with Crippen molar-refractivity contribution in [1.82, 2.24) is 15.0 Å². The summed E-state index contributed by atoms with van der Waals surface area (Å²) in [6.45, 7) is 0. The van der Waals surface area contributed by atoms with Crippen molar-refractivity contribution in [3.05, 3.63) is 90.1 Å². The van der Waals surface area contributed by atoms with E-state index in [1.807, 2.05) is 30.3 Å². The minimum absolute atomic E-state index is 0.0514. The van der Waals surface area contributed by atoms with Gasteiger partial charge in [0.25, 0.3) is 0 Å².